The first kappa shape index (κ1) is 24.1. The van der Waals surface area contributed by atoms with Gasteiger partial charge in [-0.3, -0.25) is 19.3 Å². The van der Waals surface area contributed by atoms with Crippen molar-refractivity contribution in [1.29, 1.82) is 0 Å². The van der Waals surface area contributed by atoms with E-state index < -0.39 is 17.1 Å². The van der Waals surface area contributed by atoms with Gasteiger partial charge in [0.15, 0.2) is 0 Å². The molecule has 0 radical (unpaired) electrons. The Balaban J connectivity index is 1.34. The summed E-state index contributed by atoms with van der Waals surface area (Å²) in [6, 6.07) is 22.1. The van der Waals surface area contributed by atoms with Crippen LogP contribution in [0.2, 0.25) is 0 Å². The lowest BCUT2D eigenvalue weighted by atomic mass is 10.1. The van der Waals surface area contributed by atoms with Crippen LogP contribution in [-0.2, 0) is 16.2 Å². The first-order valence-electron chi connectivity index (χ1n) is 10.9. The molecule has 3 aromatic carbocycles. The number of carbonyl (C=O) groups excluding carboxylic acids is 3. The smallest absolute Gasteiger partial charge is 0.294 e. The number of imide groups is 1. The summed E-state index contributed by atoms with van der Waals surface area (Å²) in [7, 11) is 1.55. The molecular weight excluding hydrogens is 464 g/mol. The van der Waals surface area contributed by atoms with Crippen molar-refractivity contribution in [3.8, 4) is 11.5 Å². The van der Waals surface area contributed by atoms with Gasteiger partial charge in [-0.15, -0.1) is 0 Å². The monoisotopic (exact) mass is 488 g/mol. The molecule has 0 saturated carbocycles. The molecule has 1 aliphatic rings. The first-order chi connectivity index (χ1) is 16.9. The van der Waals surface area contributed by atoms with E-state index in [1.165, 1.54) is 5.56 Å². The van der Waals surface area contributed by atoms with E-state index in [1.54, 1.807) is 37.5 Å². The van der Waals surface area contributed by atoms with E-state index in [4.69, 9.17) is 9.47 Å². The number of methoxy groups -OCH3 is 1. The Hall–Kier alpha value is -4.04. The van der Waals surface area contributed by atoms with E-state index in [-0.39, 0.29) is 11.4 Å². The summed E-state index contributed by atoms with van der Waals surface area (Å²) in [4.78, 5) is 38.7. The van der Waals surface area contributed by atoms with Crippen LogP contribution in [-0.4, -0.2) is 35.6 Å². The van der Waals surface area contributed by atoms with Crippen LogP contribution < -0.4 is 14.8 Å². The molecule has 0 bridgehead atoms. The van der Waals surface area contributed by atoms with Crippen molar-refractivity contribution in [2.75, 3.05) is 19.0 Å². The molecule has 8 heteroatoms. The third-order valence-corrected chi connectivity index (χ3v) is 6.12. The average Bonchev–Trinajstić information content (AvgIpc) is 3.11. The second kappa shape index (κ2) is 10.9. The highest BCUT2D eigenvalue weighted by molar-refractivity contribution is 8.18. The quantitative estimate of drug-likeness (QED) is 0.436. The van der Waals surface area contributed by atoms with Crippen molar-refractivity contribution >= 4 is 40.6 Å². The fourth-order valence-electron chi connectivity index (χ4n) is 3.44. The number of thioether (sulfide) groups is 1. The molecule has 4 rings (SSSR count). The Labute approximate surface area is 207 Å². The maximum absolute atomic E-state index is 12.7. The van der Waals surface area contributed by atoms with E-state index in [9.17, 15) is 14.4 Å². The Morgan fingerprint density at radius 3 is 2.40 bits per heavy atom. The first-order valence-corrected chi connectivity index (χ1v) is 11.7. The van der Waals surface area contributed by atoms with Crippen molar-refractivity contribution in [2.24, 2.45) is 0 Å². The lowest BCUT2D eigenvalue weighted by Gasteiger charge is -2.12. The second-order valence-corrected chi connectivity index (χ2v) is 8.88. The molecule has 3 aromatic rings. The van der Waals surface area contributed by atoms with Gasteiger partial charge in [0.05, 0.1) is 12.0 Å². The fraction of sp³-hybridized carbons (Fsp3) is 0.148. The highest BCUT2D eigenvalue weighted by Crippen LogP contribution is 2.32. The number of benzene rings is 3. The Bertz CT molecular complexity index is 1270. The molecular formula is C27H24N2O5S. The van der Waals surface area contributed by atoms with Crippen LogP contribution in [0.1, 0.15) is 16.7 Å². The van der Waals surface area contributed by atoms with Crippen molar-refractivity contribution in [2.45, 2.75) is 13.5 Å². The van der Waals surface area contributed by atoms with Gasteiger partial charge in [0.1, 0.15) is 24.7 Å². The average molecular weight is 489 g/mol. The zero-order valence-corrected chi connectivity index (χ0v) is 20.1. The van der Waals surface area contributed by atoms with Gasteiger partial charge < -0.3 is 14.8 Å². The highest BCUT2D eigenvalue weighted by Gasteiger charge is 2.36. The Morgan fingerprint density at radius 1 is 1.00 bits per heavy atom. The van der Waals surface area contributed by atoms with Gasteiger partial charge in [-0.25, -0.2) is 0 Å². The number of aryl methyl sites for hydroxylation is 1. The third kappa shape index (κ3) is 6.30. The summed E-state index contributed by atoms with van der Waals surface area (Å²) in [5.41, 5.74) is 3.55. The molecule has 35 heavy (non-hydrogen) atoms. The largest absolute Gasteiger partial charge is 0.497 e. The van der Waals surface area contributed by atoms with Crippen molar-refractivity contribution in [3.05, 3.63) is 94.4 Å². The summed E-state index contributed by atoms with van der Waals surface area (Å²) in [5, 5.41) is 2.19. The molecule has 0 spiro atoms. The van der Waals surface area contributed by atoms with Gasteiger partial charge in [0.25, 0.3) is 11.1 Å². The summed E-state index contributed by atoms with van der Waals surface area (Å²) in [5.74, 6) is 0.399. The summed E-state index contributed by atoms with van der Waals surface area (Å²) >= 11 is 0.814. The van der Waals surface area contributed by atoms with E-state index in [1.807, 2.05) is 49.4 Å². The van der Waals surface area contributed by atoms with Crippen LogP contribution >= 0.6 is 11.8 Å². The van der Waals surface area contributed by atoms with Gasteiger partial charge in [0.2, 0.25) is 5.91 Å². The lowest BCUT2D eigenvalue weighted by molar-refractivity contribution is -0.127. The molecule has 1 saturated heterocycles. The van der Waals surface area contributed by atoms with Crippen molar-refractivity contribution < 1.29 is 23.9 Å². The number of ether oxygens (including phenoxy) is 2. The molecule has 3 amide bonds. The van der Waals surface area contributed by atoms with E-state index >= 15 is 0 Å². The van der Waals surface area contributed by atoms with E-state index in [0.29, 0.717) is 23.8 Å². The van der Waals surface area contributed by atoms with Crippen LogP contribution in [0, 0.1) is 6.92 Å². The minimum absolute atomic E-state index is 0.265. The van der Waals surface area contributed by atoms with E-state index in [2.05, 4.69) is 11.4 Å². The normalized spacial score (nSPS) is 14.3. The topological polar surface area (TPSA) is 84.9 Å². The Kier molecular flexibility index (Phi) is 7.52. The fourth-order valence-corrected chi connectivity index (χ4v) is 4.27. The number of hydrogen-bond donors (Lipinski definition) is 1. The van der Waals surface area contributed by atoms with Gasteiger partial charge in [-0.05, 0) is 72.3 Å². The molecule has 1 heterocycles. The van der Waals surface area contributed by atoms with Crippen molar-refractivity contribution in [3.63, 3.8) is 0 Å². The van der Waals surface area contributed by atoms with Gasteiger partial charge in [-0.1, -0.05) is 42.0 Å². The number of nitrogens with zero attached hydrogens (tertiary/aromatic N) is 1. The Morgan fingerprint density at radius 2 is 1.71 bits per heavy atom. The molecule has 178 valence electrons. The van der Waals surface area contributed by atoms with Crippen LogP contribution in [0.5, 0.6) is 11.5 Å². The number of nitrogens with one attached hydrogen (secondary N) is 1. The zero-order valence-electron chi connectivity index (χ0n) is 19.3. The number of amides is 3. The molecule has 1 N–H and O–H groups in total. The van der Waals surface area contributed by atoms with Crippen molar-refractivity contribution in [1.82, 2.24) is 4.90 Å². The third-order valence-electron chi connectivity index (χ3n) is 5.21. The molecule has 1 fully saturated rings. The van der Waals surface area contributed by atoms with Gasteiger partial charge >= 0.3 is 0 Å². The predicted octanol–water partition coefficient (Wildman–Crippen LogP) is 5.26. The van der Waals surface area contributed by atoms with Crippen LogP contribution in [0.15, 0.2) is 77.7 Å². The standard InChI is InChI=1S/C27H24N2O5S/c1-18-4-3-5-20(14-18)17-34-23-10-6-19(7-11-23)15-24-26(31)29(27(32)35-24)16-25(30)28-21-8-12-22(33-2)13-9-21/h3-15H,16-17H2,1-2H3,(H,28,30). The summed E-state index contributed by atoms with van der Waals surface area (Å²) < 4.78 is 10.9. The van der Waals surface area contributed by atoms with Crippen LogP contribution in [0.3, 0.4) is 0 Å². The maximum atomic E-state index is 12.7. The molecule has 0 atom stereocenters. The second-order valence-electron chi connectivity index (χ2n) is 7.89. The molecule has 7 nitrogen and oxygen atoms in total. The number of hydrogen-bond acceptors (Lipinski definition) is 6. The number of rotatable bonds is 8. The molecule has 0 aromatic heterocycles. The maximum Gasteiger partial charge on any atom is 0.294 e. The minimum atomic E-state index is -0.496. The van der Waals surface area contributed by atoms with Crippen LogP contribution in [0.4, 0.5) is 10.5 Å². The van der Waals surface area contributed by atoms with Crippen LogP contribution in [0.25, 0.3) is 6.08 Å². The zero-order chi connectivity index (χ0) is 24.8. The van der Waals surface area contributed by atoms with Gasteiger partial charge in [-0.2, -0.15) is 0 Å². The number of anilines is 1. The lowest BCUT2D eigenvalue weighted by Crippen LogP contribution is -2.36. The highest BCUT2D eigenvalue weighted by atomic mass is 32.2. The van der Waals surface area contributed by atoms with Gasteiger partial charge in [0, 0.05) is 5.69 Å². The number of carbonyl (C=O) groups is 3. The minimum Gasteiger partial charge on any atom is -0.497 e. The molecule has 0 aliphatic carbocycles. The molecule has 1 aliphatic heterocycles. The van der Waals surface area contributed by atoms with E-state index in [0.717, 1.165) is 27.8 Å². The summed E-state index contributed by atoms with van der Waals surface area (Å²) in [6.07, 6.45) is 1.64. The predicted molar refractivity (Wildman–Crippen MR) is 136 cm³/mol. The summed E-state index contributed by atoms with van der Waals surface area (Å²) in [6.45, 7) is 2.13. The molecule has 0 unspecified atom stereocenters. The SMILES string of the molecule is COc1ccc(NC(=O)CN2C(=O)SC(=Cc3ccc(OCc4cccc(C)c4)cc3)C2=O)cc1.